The summed E-state index contributed by atoms with van der Waals surface area (Å²) < 4.78 is 5.26. The Morgan fingerprint density at radius 3 is 2.08 bits per heavy atom. The molecule has 0 radical (unpaired) electrons. The van der Waals surface area contributed by atoms with Crippen molar-refractivity contribution in [3.8, 4) is 5.75 Å². The van der Waals surface area contributed by atoms with Crippen LogP contribution in [0.4, 0.5) is 26.7 Å². The molecule has 3 aromatic rings. The van der Waals surface area contributed by atoms with Gasteiger partial charge in [-0.05, 0) is 36.4 Å². The molecule has 26 heavy (non-hydrogen) atoms. The Bertz CT molecular complexity index is 898. The molecule has 0 spiro atoms. The molecular weight excluding hydrogens is 332 g/mol. The maximum atomic E-state index is 12.0. The van der Waals surface area contributed by atoms with Crippen LogP contribution in [0.15, 0.2) is 84.9 Å². The van der Waals surface area contributed by atoms with Gasteiger partial charge in [0.05, 0.1) is 11.4 Å². The average molecular weight is 348 g/mol. The van der Waals surface area contributed by atoms with Crippen LogP contribution in [0.5, 0.6) is 5.75 Å². The zero-order valence-corrected chi connectivity index (χ0v) is 13.7. The first-order valence-electron chi connectivity index (χ1n) is 7.85. The molecule has 0 atom stereocenters. The van der Waals surface area contributed by atoms with Crippen molar-refractivity contribution in [1.29, 1.82) is 0 Å². The van der Waals surface area contributed by atoms with E-state index in [-0.39, 0.29) is 5.75 Å². The van der Waals surface area contributed by atoms with E-state index in [1.807, 2.05) is 6.07 Å². The van der Waals surface area contributed by atoms with Crippen molar-refractivity contribution in [2.75, 3.05) is 10.2 Å². The third kappa shape index (κ3) is 4.18. The number of amides is 2. The number of carbonyl (C=O) groups is 2. The van der Waals surface area contributed by atoms with E-state index in [1.54, 1.807) is 72.8 Å². The van der Waals surface area contributed by atoms with Crippen LogP contribution in [-0.2, 0) is 0 Å². The van der Waals surface area contributed by atoms with Crippen LogP contribution in [0, 0.1) is 0 Å². The molecule has 0 saturated carbocycles. The predicted molar refractivity (Wildman–Crippen MR) is 99.1 cm³/mol. The first-order chi connectivity index (χ1) is 12.6. The molecule has 3 rings (SSSR count). The molecule has 0 aromatic heterocycles. The second-order valence-corrected chi connectivity index (χ2v) is 5.33. The number of nitrogens with zero attached hydrogens (tertiary/aromatic N) is 1. The number of para-hydroxylation sites is 2. The van der Waals surface area contributed by atoms with Crippen molar-refractivity contribution in [2.45, 2.75) is 0 Å². The molecule has 130 valence electrons. The van der Waals surface area contributed by atoms with Gasteiger partial charge in [0.1, 0.15) is 5.75 Å². The zero-order chi connectivity index (χ0) is 18.4. The Hall–Kier alpha value is -3.80. The lowest BCUT2D eigenvalue weighted by molar-refractivity contribution is 0.205. The van der Waals surface area contributed by atoms with E-state index in [1.165, 1.54) is 6.07 Å². The van der Waals surface area contributed by atoms with Gasteiger partial charge in [0, 0.05) is 11.8 Å². The zero-order valence-electron chi connectivity index (χ0n) is 13.7. The minimum Gasteiger partial charge on any atom is -0.464 e. The summed E-state index contributed by atoms with van der Waals surface area (Å²) in [6, 6.07) is 23.9. The molecule has 2 N–H and O–H groups in total. The summed E-state index contributed by atoms with van der Waals surface area (Å²) in [6.07, 6.45) is -1.79. The van der Waals surface area contributed by atoms with Gasteiger partial charge in [-0.25, -0.2) is 14.5 Å². The molecular formula is C20H16N2O4. The van der Waals surface area contributed by atoms with E-state index in [4.69, 9.17) is 4.74 Å². The van der Waals surface area contributed by atoms with Gasteiger partial charge in [0.25, 0.3) is 0 Å². The fraction of sp³-hybridized carbons (Fsp3) is 0. The topological polar surface area (TPSA) is 78.9 Å². The standard InChI is InChI=1S/C20H16N2O4/c23-19(21-15-8-3-1-4-9-15)26-18-13-7-12-17(14-18)22(20(24)25)16-10-5-2-6-11-16/h1-14H,(H,21,23)(H,24,25). The second kappa shape index (κ2) is 7.85. The predicted octanol–water partition coefficient (Wildman–Crippen LogP) is 5.11. The minimum absolute atomic E-state index is 0.234. The lowest BCUT2D eigenvalue weighted by Crippen LogP contribution is -2.23. The van der Waals surface area contributed by atoms with Crippen LogP contribution in [0.2, 0.25) is 0 Å². The molecule has 3 aromatic carbocycles. The van der Waals surface area contributed by atoms with Crippen molar-refractivity contribution in [3.63, 3.8) is 0 Å². The molecule has 0 aliphatic carbocycles. The van der Waals surface area contributed by atoms with E-state index >= 15 is 0 Å². The van der Waals surface area contributed by atoms with Crippen LogP contribution < -0.4 is 15.0 Å². The number of anilines is 3. The number of ether oxygens (including phenoxy) is 1. The van der Waals surface area contributed by atoms with E-state index in [2.05, 4.69) is 5.32 Å². The first-order valence-corrected chi connectivity index (χ1v) is 7.85. The van der Waals surface area contributed by atoms with Crippen molar-refractivity contribution in [3.05, 3.63) is 84.9 Å². The lowest BCUT2D eigenvalue weighted by atomic mass is 10.2. The lowest BCUT2D eigenvalue weighted by Gasteiger charge is -2.20. The van der Waals surface area contributed by atoms with Gasteiger partial charge < -0.3 is 9.84 Å². The van der Waals surface area contributed by atoms with E-state index in [0.29, 0.717) is 17.1 Å². The van der Waals surface area contributed by atoms with Crippen LogP contribution in [0.25, 0.3) is 0 Å². The highest BCUT2D eigenvalue weighted by Gasteiger charge is 2.17. The smallest absolute Gasteiger partial charge is 0.417 e. The number of benzene rings is 3. The summed E-state index contributed by atoms with van der Waals surface area (Å²) >= 11 is 0. The largest absolute Gasteiger partial charge is 0.464 e. The van der Waals surface area contributed by atoms with Gasteiger partial charge in [-0.15, -0.1) is 0 Å². The Morgan fingerprint density at radius 2 is 1.42 bits per heavy atom. The molecule has 6 heteroatoms. The van der Waals surface area contributed by atoms with Gasteiger partial charge in [0.2, 0.25) is 0 Å². The molecule has 0 aliphatic heterocycles. The third-order valence-electron chi connectivity index (χ3n) is 3.51. The SMILES string of the molecule is O=C(Nc1ccccc1)Oc1cccc(N(C(=O)O)c2ccccc2)c1. The van der Waals surface area contributed by atoms with Gasteiger partial charge in [-0.1, -0.05) is 42.5 Å². The highest BCUT2D eigenvalue weighted by molar-refractivity contribution is 5.95. The Balaban J connectivity index is 1.79. The Kier molecular flexibility index (Phi) is 5.14. The summed E-state index contributed by atoms with van der Waals surface area (Å²) in [5.74, 6) is 0.234. The van der Waals surface area contributed by atoms with Crippen LogP contribution in [0.1, 0.15) is 0 Å². The minimum atomic E-state index is -1.14. The summed E-state index contributed by atoms with van der Waals surface area (Å²) in [6.45, 7) is 0. The van der Waals surface area contributed by atoms with Crippen LogP contribution in [-0.4, -0.2) is 17.3 Å². The molecule has 2 amide bonds. The van der Waals surface area contributed by atoms with Gasteiger partial charge in [-0.3, -0.25) is 5.32 Å². The molecule has 0 heterocycles. The molecule has 6 nitrogen and oxygen atoms in total. The number of hydrogen-bond acceptors (Lipinski definition) is 3. The molecule has 0 unspecified atom stereocenters. The van der Waals surface area contributed by atoms with Gasteiger partial charge in [-0.2, -0.15) is 0 Å². The summed E-state index contributed by atoms with van der Waals surface area (Å²) in [4.78, 5) is 24.8. The Labute approximate surface area is 150 Å². The van der Waals surface area contributed by atoms with E-state index in [9.17, 15) is 14.7 Å². The number of hydrogen-bond donors (Lipinski definition) is 2. The van der Waals surface area contributed by atoms with Crippen LogP contribution >= 0.6 is 0 Å². The van der Waals surface area contributed by atoms with Crippen molar-refractivity contribution < 1.29 is 19.4 Å². The fourth-order valence-corrected chi connectivity index (χ4v) is 2.40. The highest BCUT2D eigenvalue weighted by Crippen LogP contribution is 2.28. The van der Waals surface area contributed by atoms with Crippen molar-refractivity contribution >= 4 is 29.2 Å². The molecule has 0 aliphatic rings. The second-order valence-electron chi connectivity index (χ2n) is 5.33. The van der Waals surface area contributed by atoms with Gasteiger partial charge in [0.15, 0.2) is 0 Å². The summed E-state index contributed by atoms with van der Waals surface area (Å²) in [5, 5.41) is 12.2. The molecule has 0 bridgehead atoms. The number of carbonyl (C=O) groups excluding carboxylic acids is 1. The first kappa shape index (κ1) is 17.0. The van der Waals surface area contributed by atoms with Gasteiger partial charge >= 0.3 is 12.2 Å². The van der Waals surface area contributed by atoms with E-state index in [0.717, 1.165) is 4.90 Å². The van der Waals surface area contributed by atoms with Crippen molar-refractivity contribution in [2.24, 2.45) is 0 Å². The summed E-state index contributed by atoms with van der Waals surface area (Å²) in [7, 11) is 0. The number of carboxylic acid groups (broad SMARTS) is 1. The summed E-state index contributed by atoms with van der Waals surface area (Å²) in [5.41, 5.74) is 1.46. The monoisotopic (exact) mass is 348 g/mol. The quantitative estimate of drug-likeness (QED) is 0.686. The van der Waals surface area contributed by atoms with Crippen LogP contribution in [0.3, 0.4) is 0 Å². The van der Waals surface area contributed by atoms with Crippen molar-refractivity contribution in [1.82, 2.24) is 0 Å². The normalized spacial score (nSPS) is 10.0. The average Bonchev–Trinajstić information content (AvgIpc) is 2.63. The highest BCUT2D eigenvalue weighted by atomic mass is 16.6. The van der Waals surface area contributed by atoms with E-state index < -0.39 is 12.2 Å². The Morgan fingerprint density at radius 1 is 0.808 bits per heavy atom. The molecule has 0 saturated heterocycles. The fourth-order valence-electron chi connectivity index (χ4n) is 2.40. The molecule has 0 fully saturated rings. The third-order valence-corrected chi connectivity index (χ3v) is 3.51. The number of nitrogens with one attached hydrogen (secondary N) is 1. The number of rotatable bonds is 4. The maximum Gasteiger partial charge on any atom is 0.417 e. The maximum absolute atomic E-state index is 12.0.